The van der Waals surface area contributed by atoms with E-state index in [0.29, 0.717) is 24.5 Å². The zero-order valence-electron chi connectivity index (χ0n) is 15.8. The van der Waals surface area contributed by atoms with Gasteiger partial charge in [-0.1, -0.05) is 74.9 Å². The van der Waals surface area contributed by atoms with Crippen molar-refractivity contribution in [1.82, 2.24) is 0 Å². The number of carbonyl (C=O) groups is 2. The first-order chi connectivity index (χ1) is 12.6. The average Bonchev–Trinajstić information content (AvgIpc) is 2.67. The summed E-state index contributed by atoms with van der Waals surface area (Å²) in [5.41, 5.74) is 3.10. The Labute approximate surface area is 156 Å². The molecule has 0 saturated heterocycles. The van der Waals surface area contributed by atoms with Gasteiger partial charge in [-0.15, -0.1) is 0 Å². The van der Waals surface area contributed by atoms with Gasteiger partial charge < -0.3 is 0 Å². The van der Waals surface area contributed by atoms with E-state index in [9.17, 15) is 9.59 Å². The molecule has 136 valence electrons. The molecule has 1 aliphatic carbocycles. The van der Waals surface area contributed by atoms with Crippen molar-refractivity contribution in [2.75, 3.05) is 0 Å². The van der Waals surface area contributed by atoms with E-state index in [1.807, 2.05) is 42.5 Å². The fourth-order valence-corrected chi connectivity index (χ4v) is 4.00. The van der Waals surface area contributed by atoms with E-state index in [0.717, 1.165) is 30.4 Å². The maximum atomic E-state index is 12.9. The van der Waals surface area contributed by atoms with Crippen molar-refractivity contribution in [1.29, 1.82) is 0 Å². The van der Waals surface area contributed by atoms with Gasteiger partial charge in [0, 0.05) is 30.2 Å². The van der Waals surface area contributed by atoms with E-state index in [4.69, 9.17) is 0 Å². The molecule has 2 aromatic rings. The monoisotopic (exact) mass is 348 g/mol. The molecule has 0 heterocycles. The predicted octanol–water partition coefficient (Wildman–Crippen LogP) is 5.93. The van der Waals surface area contributed by atoms with Gasteiger partial charge in [0.1, 0.15) is 5.78 Å². The number of ketones is 2. The fraction of sp³-hybridized carbons (Fsp3) is 0.417. The number of carbonyl (C=O) groups excluding carboxylic acids is 2. The summed E-state index contributed by atoms with van der Waals surface area (Å²) in [5.74, 6) is 0.878. The number of hydrogen-bond acceptors (Lipinski definition) is 2. The minimum absolute atomic E-state index is 0.0127. The molecule has 0 amide bonds. The van der Waals surface area contributed by atoms with Crippen LogP contribution in [0.5, 0.6) is 0 Å². The minimum atomic E-state index is -0.0231. The van der Waals surface area contributed by atoms with Crippen molar-refractivity contribution in [3.05, 3.63) is 71.3 Å². The van der Waals surface area contributed by atoms with Crippen LogP contribution in [-0.2, 0) is 4.79 Å². The second-order valence-corrected chi connectivity index (χ2v) is 7.74. The Hall–Kier alpha value is -2.22. The summed E-state index contributed by atoms with van der Waals surface area (Å²) in [7, 11) is 0. The predicted molar refractivity (Wildman–Crippen MR) is 106 cm³/mol. The molecule has 2 nitrogen and oxygen atoms in total. The standard InChI is InChI=1S/C24H28O2/c1-17(2)18-12-14-20(15-13-18)24(26)16-22(19-8-4-3-5-9-19)21-10-6-7-11-23(21)25/h3-5,8-9,12-15,17,21-22H,6-7,10-11,16H2,1-2H3. The highest BCUT2D eigenvalue weighted by Gasteiger charge is 2.32. The molecule has 2 unspecified atom stereocenters. The lowest BCUT2D eigenvalue weighted by molar-refractivity contribution is -0.125. The highest BCUT2D eigenvalue weighted by molar-refractivity contribution is 5.97. The van der Waals surface area contributed by atoms with Crippen LogP contribution in [0.25, 0.3) is 0 Å². The van der Waals surface area contributed by atoms with Crippen molar-refractivity contribution in [2.45, 2.75) is 57.8 Å². The van der Waals surface area contributed by atoms with Crippen LogP contribution in [-0.4, -0.2) is 11.6 Å². The highest BCUT2D eigenvalue weighted by Crippen LogP contribution is 2.37. The largest absolute Gasteiger partial charge is 0.299 e. The molecule has 2 heteroatoms. The fourth-order valence-electron chi connectivity index (χ4n) is 4.00. The second-order valence-electron chi connectivity index (χ2n) is 7.74. The Morgan fingerprint density at radius 1 is 0.962 bits per heavy atom. The van der Waals surface area contributed by atoms with Crippen LogP contribution in [0, 0.1) is 5.92 Å². The molecule has 1 aliphatic rings. The zero-order valence-corrected chi connectivity index (χ0v) is 15.8. The molecular weight excluding hydrogens is 320 g/mol. The Morgan fingerprint density at radius 3 is 2.27 bits per heavy atom. The SMILES string of the molecule is CC(C)c1ccc(C(=O)CC(c2ccccc2)C2CCCCC2=O)cc1. The third kappa shape index (κ3) is 4.30. The van der Waals surface area contributed by atoms with E-state index >= 15 is 0 Å². The van der Waals surface area contributed by atoms with Crippen LogP contribution < -0.4 is 0 Å². The second kappa shape index (κ2) is 8.44. The Kier molecular flexibility index (Phi) is 6.03. The summed E-state index contributed by atoms with van der Waals surface area (Å²) in [6, 6.07) is 18.0. The molecule has 1 fully saturated rings. The Bertz CT molecular complexity index is 744. The van der Waals surface area contributed by atoms with Crippen LogP contribution in [0.15, 0.2) is 54.6 Å². The van der Waals surface area contributed by atoms with Crippen molar-refractivity contribution >= 4 is 11.6 Å². The maximum Gasteiger partial charge on any atom is 0.163 e. The molecule has 2 aromatic carbocycles. The highest BCUT2D eigenvalue weighted by atomic mass is 16.1. The topological polar surface area (TPSA) is 34.1 Å². The molecule has 1 saturated carbocycles. The first-order valence-electron chi connectivity index (χ1n) is 9.77. The summed E-state index contributed by atoms with van der Waals surface area (Å²) in [5, 5.41) is 0. The molecule has 0 radical (unpaired) electrons. The van der Waals surface area contributed by atoms with Gasteiger partial charge in [-0.2, -0.15) is 0 Å². The molecular formula is C24H28O2. The summed E-state index contributed by atoms with van der Waals surface area (Å²) >= 11 is 0. The first-order valence-corrected chi connectivity index (χ1v) is 9.77. The normalized spacial score (nSPS) is 18.7. The van der Waals surface area contributed by atoms with Crippen LogP contribution >= 0.6 is 0 Å². The van der Waals surface area contributed by atoms with Crippen LogP contribution in [0.3, 0.4) is 0 Å². The molecule has 0 N–H and O–H groups in total. The number of benzene rings is 2. The summed E-state index contributed by atoms with van der Waals surface area (Å²) in [6.07, 6.45) is 4.03. The number of Topliss-reactive ketones (excluding diaryl/α,β-unsaturated/α-hetero) is 2. The van der Waals surface area contributed by atoms with Gasteiger partial charge in [0.2, 0.25) is 0 Å². The van der Waals surface area contributed by atoms with E-state index in [1.54, 1.807) is 0 Å². The van der Waals surface area contributed by atoms with Gasteiger partial charge in [-0.05, 0) is 29.9 Å². The van der Waals surface area contributed by atoms with Crippen molar-refractivity contribution in [3.63, 3.8) is 0 Å². The van der Waals surface area contributed by atoms with Gasteiger partial charge in [0.05, 0.1) is 0 Å². The van der Waals surface area contributed by atoms with E-state index in [1.165, 1.54) is 5.56 Å². The van der Waals surface area contributed by atoms with E-state index in [-0.39, 0.29) is 17.6 Å². The molecule has 26 heavy (non-hydrogen) atoms. The lowest BCUT2D eigenvalue weighted by Gasteiger charge is -2.29. The molecule has 2 atom stereocenters. The Morgan fingerprint density at radius 2 is 1.65 bits per heavy atom. The van der Waals surface area contributed by atoms with Crippen molar-refractivity contribution < 1.29 is 9.59 Å². The van der Waals surface area contributed by atoms with Crippen molar-refractivity contribution in [3.8, 4) is 0 Å². The summed E-state index contributed by atoms with van der Waals surface area (Å²) < 4.78 is 0. The quantitative estimate of drug-likeness (QED) is 0.607. The van der Waals surface area contributed by atoms with Crippen LogP contribution in [0.1, 0.15) is 79.3 Å². The first kappa shape index (κ1) is 18.6. The third-order valence-electron chi connectivity index (χ3n) is 5.62. The molecule has 0 bridgehead atoms. The van der Waals surface area contributed by atoms with Crippen molar-refractivity contribution in [2.24, 2.45) is 5.92 Å². The van der Waals surface area contributed by atoms with Gasteiger partial charge >= 0.3 is 0 Å². The molecule has 0 aliphatic heterocycles. The number of rotatable bonds is 6. The van der Waals surface area contributed by atoms with Gasteiger partial charge in [0.25, 0.3) is 0 Å². The van der Waals surface area contributed by atoms with Gasteiger partial charge in [0.15, 0.2) is 5.78 Å². The summed E-state index contributed by atoms with van der Waals surface area (Å²) in [4.78, 5) is 25.5. The zero-order chi connectivity index (χ0) is 18.5. The van der Waals surface area contributed by atoms with Gasteiger partial charge in [-0.25, -0.2) is 0 Å². The lowest BCUT2D eigenvalue weighted by atomic mass is 9.73. The molecule has 3 rings (SSSR count). The van der Waals surface area contributed by atoms with Crippen LogP contribution in [0.4, 0.5) is 0 Å². The molecule has 0 aromatic heterocycles. The lowest BCUT2D eigenvalue weighted by Crippen LogP contribution is -2.27. The number of hydrogen-bond donors (Lipinski definition) is 0. The smallest absolute Gasteiger partial charge is 0.163 e. The van der Waals surface area contributed by atoms with Gasteiger partial charge in [-0.3, -0.25) is 9.59 Å². The average molecular weight is 348 g/mol. The maximum absolute atomic E-state index is 12.9. The van der Waals surface area contributed by atoms with E-state index in [2.05, 4.69) is 26.0 Å². The summed E-state index contributed by atoms with van der Waals surface area (Å²) in [6.45, 7) is 4.30. The van der Waals surface area contributed by atoms with E-state index < -0.39 is 0 Å². The minimum Gasteiger partial charge on any atom is -0.299 e. The molecule has 0 spiro atoms. The third-order valence-corrected chi connectivity index (χ3v) is 5.62. The van der Waals surface area contributed by atoms with Crippen LogP contribution in [0.2, 0.25) is 0 Å². The Balaban J connectivity index is 1.83.